The molecule has 2 aromatic rings. The predicted octanol–water partition coefficient (Wildman–Crippen LogP) is 3.69. The molecule has 2 aromatic heterocycles. The zero-order valence-electron chi connectivity index (χ0n) is 9.88. The third kappa shape index (κ3) is 3.83. The molecule has 0 aliphatic rings. The van der Waals surface area contributed by atoms with Crippen LogP contribution in [0.1, 0.15) is 22.4 Å². The van der Waals surface area contributed by atoms with Crippen molar-refractivity contribution >= 4 is 40.4 Å². The highest BCUT2D eigenvalue weighted by atomic mass is 32.2. The summed E-state index contributed by atoms with van der Waals surface area (Å²) in [4.78, 5) is 17.6. The maximum absolute atomic E-state index is 10.6. The molecule has 1 N–H and O–H groups in total. The van der Waals surface area contributed by atoms with Crippen LogP contribution in [0, 0.1) is 0 Å². The van der Waals surface area contributed by atoms with E-state index in [9.17, 15) is 4.79 Å². The van der Waals surface area contributed by atoms with Gasteiger partial charge in [-0.15, -0.1) is 22.7 Å². The van der Waals surface area contributed by atoms with Crippen LogP contribution in [0.3, 0.4) is 0 Å². The van der Waals surface area contributed by atoms with E-state index in [0.29, 0.717) is 5.69 Å². The number of aryl methyl sites for hydroxylation is 1. The summed E-state index contributed by atoms with van der Waals surface area (Å²) in [7, 11) is 0. The minimum atomic E-state index is -0.831. The van der Waals surface area contributed by atoms with Crippen molar-refractivity contribution in [1.29, 1.82) is 0 Å². The van der Waals surface area contributed by atoms with E-state index in [-0.39, 0.29) is 6.42 Å². The van der Waals surface area contributed by atoms with Gasteiger partial charge in [-0.3, -0.25) is 4.79 Å². The van der Waals surface area contributed by atoms with E-state index in [1.165, 1.54) is 21.1 Å². The van der Waals surface area contributed by atoms with Gasteiger partial charge in [0.15, 0.2) is 0 Å². The molecule has 6 heteroatoms. The van der Waals surface area contributed by atoms with Crippen molar-refractivity contribution in [3.63, 3.8) is 0 Å². The molecule has 96 valence electrons. The highest BCUT2D eigenvalue weighted by molar-refractivity contribution is 8.00. The van der Waals surface area contributed by atoms with Crippen molar-refractivity contribution in [2.75, 3.05) is 0 Å². The Morgan fingerprint density at radius 2 is 2.22 bits per heavy atom. The molecule has 2 rings (SSSR count). The van der Waals surface area contributed by atoms with Gasteiger partial charge in [-0.2, -0.15) is 0 Å². The third-order valence-corrected chi connectivity index (χ3v) is 5.80. The first kappa shape index (κ1) is 13.6. The summed E-state index contributed by atoms with van der Waals surface area (Å²) in [5.41, 5.74) is 0.649. The lowest BCUT2D eigenvalue weighted by Gasteiger charge is -1.94. The Labute approximate surface area is 118 Å². The molecule has 0 fully saturated rings. The van der Waals surface area contributed by atoms with Crippen molar-refractivity contribution < 1.29 is 9.90 Å². The Morgan fingerprint density at radius 3 is 2.89 bits per heavy atom. The number of carbonyl (C=O) groups is 1. The minimum absolute atomic E-state index is 0.00997. The number of hydrogen-bond donors (Lipinski definition) is 1. The van der Waals surface area contributed by atoms with E-state index in [4.69, 9.17) is 5.11 Å². The van der Waals surface area contributed by atoms with Crippen LogP contribution in [0.2, 0.25) is 0 Å². The standard InChI is InChI=1S/C12H13NO2S3/c1-2-9-3-4-10(18-9)7-17-12-13-8(6-16-12)5-11(14)15/h3-4,6H,2,5,7H2,1H3,(H,14,15). The Kier molecular flexibility index (Phi) is 4.79. The van der Waals surface area contributed by atoms with Gasteiger partial charge in [0.2, 0.25) is 0 Å². The highest BCUT2D eigenvalue weighted by Gasteiger charge is 2.07. The normalized spacial score (nSPS) is 10.7. The fourth-order valence-corrected chi connectivity index (χ4v) is 4.26. The van der Waals surface area contributed by atoms with E-state index in [0.717, 1.165) is 16.5 Å². The number of thioether (sulfide) groups is 1. The molecule has 0 aromatic carbocycles. The molecule has 3 nitrogen and oxygen atoms in total. The van der Waals surface area contributed by atoms with Crippen molar-refractivity contribution in [2.24, 2.45) is 0 Å². The van der Waals surface area contributed by atoms with Gasteiger partial charge in [-0.05, 0) is 18.6 Å². The van der Waals surface area contributed by atoms with Crippen LogP contribution in [0.4, 0.5) is 0 Å². The number of carboxylic acid groups (broad SMARTS) is 1. The van der Waals surface area contributed by atoms with Crippen LogP contribution in [0.15, 0.2) is 21.9 Å². The van der Waals surface area contributed by atoms with E-state index in [1.807, 2.05) is 16.7 Å². The number of aromatic nitrogens is 1. The summed E-state index contributed by atoms with van der Waals surface area (Å²) in [6.07, 6.45) is 1.09. The fraction of sp³-hybridized carbons (Fsp3) is 0.333. The Hall–Kier alpha value is -0.850. The van der Waals surface area contributed by atoms with E-state index < -0.39 is 5.97 Å². The quantitative estimate of drug-likeness (QED) is 0.827. The summed E-state index contributed by atoms with van der Waals surface area (Å²) in [6.45, 7) is 2.15. The number of thiazole rings is 1. The fourth-order valence-electron chi connectivity index (χ4n) is 1.41. The third-order valence-electron chi connectivity index (χ3n) is 2.27. The van der Waals surface area contributed by atoms with Gasteiger partial charge >= 0.3 is 5.97 Å². The molecule has 0 amide bonds. The van der Waals surface area contributed by atoms with Crippen LogP contribution >= 0.6 is 34.4 Å². The van der Waals surface area contributed by atoms with Gasteiger partial charge in [0.05, 0.1) is 12.1 Å². The molecule has 18 heavy (non-hydrogen) atoms. The molecule has 0 saturated heterocycles. The van der Waals surface area contributed by atoms with Gasteiger partial charge in [0.1, 0.15) is 4.34 Å². The van der Waals surface area contributed by atoms with Crippen molar-refractivity contribution in [3.05, 3.63) is 33.0 Å². The molecule has 0 unspecified atom stereocenters. The first-order valence-corrected chi connectivity index (χ1v) is 8.22. The van der Waals surface area contributed by atoms with Crippen LogP contribution < -0.4 is 0 Å². The number of nitrogens with zero attached hydrogens (tertiary/aromatic N) is 1. The Morgan fingerprint density at radius 1 is 1.44 bits per heavy atom. The molecule has 0 atom stereocenters. The number of carboxylic acids is 1. The average molecular weight is 299 g/mol. The summed E-state index contributed by atoms with van der Waals surface area (Å²) in [6, 6.07) is 4.32. The number of hydrogen-bond acceptors (Lipinski definition) is 5. The second-order valence-electron chi connectivity index (χ2n) is 3.69. The average Bonchev–Trinajstić information content (AvgIpc) is 2.94. The molecular weight excluding hydrogens is 286 g/mol. The number of thiophene rings is 1. The lowest BCUT2D eigenvalue weighted by atomic mass is 10.3. The van der Waals surface area contributed by atoms with Gasteiger partial charge in [0, 0.05) is 20.9 Å². The van der Waals surface area contributed by atoms with Crippen LogP contribution in [-0.2, 0) is 23.4 Å². The molecule has 0 radical (unpaired) electrons. The Balaban J connectivity index is 1.89. The minimum Gasteiger partial charge on any atom is -0.481 e. The lowest BCUT2D eigenvalue weighted by Crippen LogP contribution is -1.99. The largest absolute Gasteiger partial charge is 0.481 e. The number of aliphatic carboxylic acids is 1. The zero-order valence-corrected chi connectivity index (χ0v) is 12.3. The van der Waals surface area contributed by atoms with Crippen molar-refractivity contribution in [3.8, 4) is 0 Å². The zero-order chi connectivity index (χ0) is 13.0. The molecule has 0 bridgehead atoms. The van der Waals surface area contributed by atoms with E-state index in [2.05, 4.69) is 24.0 Å². The van der Waals surface area contributed by atoms with Crippen LogP contribution in [0.5, 0.6) is 0 Å². The monoisotopic (exact) mass is 299 g/mol. The van der Waals surface area contributed by atoms with Gasteiger partial charge in [0.25, 0.3) is 0 Å². The maximum atomic E-state index is 10.6. The molecular formula is C12H13NO2S3. The molecule has 0 aliphatic heterocycles. The summed E-state index contributed by atoms with van der Waals surface area (Å²) < 4.78 is 0.942. The Bertz CT molecular complexity index is 533. The van der Waals surface area contributed by atoms with Gasteiger partial charge in [-0.25, -0.2) is 4.98 Å². The van der Waals surface area contributed by atoms with Crippen molar-refractivity contribution in [2.45, 2.75) is 29.9 Å². The maximum Gasteiger partial charge on any atom is 0.309 e. The molecule has 0 spiro atoms. The first-order valence-electron chi connectivity index (χ1n) is 5.54. The topological polar surface area (TPSA) is 50.2 Å². The smallest absolute Gasteiger partial charge is 0.309 e. The second kappa shape index (κ2) is 6.36. The molecule has 0 aliphatic carbocycles. The summed E-state index contributed by atoms with van der Waals surface area (Å²) >= 11 is 5.02. The highest BCUT2D eigenvalue weighted by Crippen LogP contribution is 2.29. The summed E-state index contributed by atoms with van der Waals surface area (Å²) in [5, 5.41) is 10.5. The summed E-state index contributed by atoms with van der Waals surface area (Å²) in [5.74, 6) is 0.0766. The molecule has 2 heterocycles. The predicted molar refractivity (Wildman–Crippen MR) is 76.7 cm³/mol. The van der Waals surface area contributed by atoms with Gasteiger partial charge in [-0.1, -0.05) is 18.7 Å². The van der Waals surface area contributed by atoms with E-state index >= 15 is 0 Å². The second-order valence-corrected chi connectivity index (χ2v) is 7.02. The van der Waals surface area contributed by atoms with Crippen LogP contribution in [-0.4, -0.2) is 16.1 Å². The number of rotatable bonds is 6. The van der Waals surface area contributed by atoms with Gasteiger partial charge < -0.3 is 5.11 Å². The lowest BCUT2D eigenvalue weighted by molar-refractivity contribution is -0.136. The van der Waals surface area contributed by atoms with Crippen LogP contribution in [0.25, 0.3) is 0 Å². The SMILES string of the molecule is CCc1ccc(CSc2nc(CC(=O)O)cs2)s1. The van der Waals surface area contributed by atoms with E-state index in [1.54, 1.807) is 11.8 Å². The molecule has 0 saturated carbocycles. The van der Waals surface area contributed by atoms with Crippen molar-refractivity contribution in [1.82, 2.24) is 4.98 Å². The first-order chi connectivity index (χ1) is 8.67.